The molecule has 0 amide bonds. The van der Waals surface area contributed by atoms with E-state index >= 15 is 0 Å². The fraction of sp³-hybridized carbons (Fsp3) is 0.667. The zero-order valence-corrected chi connectivity index (χ0v) is 9.48. The standard InChI is InChI=1S/C9H15BrN2/c1-4-5-6-12-8(3)9(10)7(2)11-12/h4-6H2,1-3H3. The molecule has 68 valence electrons. The van der Waals surface area contributed by atoms with Crippen molar-refractivity contribution in [1.29, 1.82) is 0 Å². The van der Waals surface area contributed by atoms with Gasteiger partial charge in [0.15, 0.2) is 0 Å². The van der Waals surface area contributed by atoms with Crippen molar-refractivity contribution in [3.8, 4) is 0 Å². The van der Waals surface area contributed by atoms with Crippen molar-refractivity contribution in [1.82, 2.24) is 9.78 Å². The molecule has 0 unspecified atom stereocenters. The molecule has 0 spiro atoms. The molecule has 2 nitrogen and oxygen atoms in total. The van der Waals surface area contributed by atoms with Gasteiger partial charge in [-0.25, -0.2) is 0 Å². The Bertz CT molecular complexity index is 266. The molecule has 1 aromatic heterocycles. The minimum absolute atomic E-state index is 1.04. The van der Waals surface area contributed by atoms with Crippen LogP contribution < -0.4 is 0 Å². The summed E-state index contributed by atoms with van der Waals surface area (Å²) in [5.74, 6) is 0. The molecular formula is C9H15BrN2. The highest BCUT2D eigenvalue weighted by Gasteiger charge is 2.06. The first-order chi connectivity index (χ1) is 5.66. The van der Waals surface area contributed by atoms with Gasteiger partial charge in [0.2, 0.25) is 0 Å². The van der Waals surface area contributed by atoms with Gasteiger partial charge >= 0.3 is 0 Å². The third kappa shape index (κ3) is 1.89. The van der Waals surface area contributed by atoms with Gasteiger partial charge in [-0.3, -0.25) is 4.68 Å². The van der Waals surface area contributed by atoms with E-state index in [1.54, 1.807) is 0 Å². The molecule has 0 saturated heterocycles. The summed E-state index contributed by atoms with van der Waals surface area (Å²) in [4.78, 5) is 0. The Balaban J connectivity index is 2.79. The predicted octanol–water partition coefficient (Wildman–Crippen LogP) is 3.06. The molecule has 0 fully saturated rings. The SMILES string of the molecule is CCCCn1nc(C)c(Br)c1C. The van der Waals surface area contributed by atoms with Crippen molar-refractivity contribution < 1.29 is 0 Å². The molecule has 12 heavy (non-hydrogen) atoms. The molecule has 0 radical (unpaired) electrons. The normalized spacial score (nSPS) is 10.7. The van der Waals surface area contributed by atoms with Crippen LogP contribution in [0.2, 0.25) is 0 Å². The van der Waals surface area contributed by atoms with Crippen LogP contribution in [0.25, 0.3) is 0 Å². The summed E-state index contributed by atoms with van der Waals surface area (Å²) in [5.41, 5.74) is 2.32. The lowest BCUT2D eigenvalue weighted by Gasteiger charge is -2.01. The third-order valence-corrected chi connectivity index (χ3v) is 3.16. The summed E-state index contributed by atoms with van der Waals surface area (Å²) in [6, 6.07) is 0. The fourth-order valence-corrected chi connectivity index (χ4v) is 1.48. The number of unbranched alkanes of at least 4 members (excludes halogenated alkanes) is 1. The Morgan fingerprint density at radius 3 is 2.50 bits per heavy atom. The number of hydrogen-bond acceptors (Lipinski definition) is 1. The molecular weight excluding hydrogens is 216 g/mol. The first-order valence-electron chi connectivity index (χ1n) is 4.36. The van der Waals surface area contributed by atoms with Crippen LogP contribution in [0.3, 0.4) is 0 Å². The van der Waals surface area contributed by atoms with Gasteiger partial charge in [0.25, 0.3) is 0 Å². The first kappa shape index (κ1) is 9.78. The molecule has 0 aliphatic rings. The van der Waals surface area contributed by atoms with Crippen molar-refractivity contribution >= 4 is 15.9 Å². The first-order valence-corrected chi connectivity index (χ1v) is 5.15. The average molecular weight is 231 g/mol. The monoisotopic (exact) mass is 230 g/mol. The van der Waals surface area contributed by atoms with Crippen molar-refractivity contribution in [2.24, 2.45) is 0 Å². The summed E-state index contributed by atoms with van der Waals surface area (Å²) in [6.07, 6.45) is 2.42. The summed E-state index contributed by atoms with van der Waals surface area (Å²) >= 11 is 3.51. The van der Waals surface area contributed by atoms with Crippen molar-refractivity contribution in [2.75, 3.05) is 0 Å². The highest BCUT2D eigenvalue weighted by molar-refractivity contribution is 9.10. The lowest BCUT2D eigenvalue weighted by Crippen LogP contribution is -2.01. The number of rotatable bonds is 3. The number of aryl methyl sites for hydroxylation is 2. The molecule has 0 saturated carbocycles. The fourth-order valence-electron chi connectivity index (χ4n) is 1.20. The van der Waals surface area contributed by atoms with Crippen LogP contribution in [0.15, 0.2) is 4.47 Å². The van der Waals surface area contributed by atoms with E-state index in [9.17, 15) is 0 Å². The van der Waals surface area contributed by atoms with E-state index in [0.717, 1.165) is 16.7 Å². The molecule has 0 aliphatic carbocycles. The van der Waals surface area contributed by atoms with Gasteiger partial charge in [0.05, 0.1) is 10.2 Å². The van der Waals surface area contributed by atoms with Crippen LogP contribution >= 0.6 is 15.9 Å². The number of aromatic nitrogens is 2. The third-order valence-electron chi connectivity index (χ3n) is 2.02. The molecule has 0 bridgehead atoms. The Hall–Kier alpha value is -0.310. The molecule has 3 heteroatoms. The summed E-state index contributed by atoms with van der Waals surface area (Å²) < 4.78 is 3.22. The van der Waals surface area contributed by atoms with E-state index in [-0.39, 0.29) is 0 Å². The van der Waals surface area contributed by atoms with Crippen LogP contribution in [0.4, 0.5) is 0 Å². The van der Waals surface area contributed by atoms with Crippen LogP contribution in [0, 0.1) is 13.8 Å². The largest absolute Gasteiger partial charge is 0.268 e. The van der Waals surface area contributed by atoms with Crippen molar-refractivity contribution in [3.05, 3.63) is 15.9 Å². The minimum atomic E-state index is 1.04. The predicted molar refractivity (Wildman–Crippen MR) is 54.3 cm³/mol. The highest BCUT2D eigenvalue weighted by atomic mass is 79.9. The van der Waals surface area contributed by atoms with Crippen molar-refractivity contribution in [3.63, 3.8) is 0 Å². The Kier molecular flexibility index (Phi) is 3.32. The zero-order valence-electron chi connectivity index (χ0n) is 7.89. The molecule has 1 rings (SSSR count). The van der Waals surface area contributed by atoms with E-state index < -0.39 is 0 Å². The summed E-state index contributed by atoms with van der Waals surface area (Å²) in [5, 5.41) is 4.42. The van der Waals surface area contributed by atoms with Crippen LogP contribution in [-0.4, -0.2) is 9.78 Å². The molecule has 1 heterocycles. The Morgan fingerprint density at radius 2 is 2.08 bits per heavy atom. The molecule has 0 atom stereocenters. The van der Waals surface area contributed by atoms with E-state index in [1.165, 1.54) is 18.5 Å². The van der Waals surface area contributed by atoms with Crippen LogP contribution in [0.1, 0.15) is 31.2 Å². The number of nitrogens with zero attached hydrogens (tertiary/aromatic N) is 2. The van der Waals surface area contributed by atoms with Gasteiger partial charge in [-0.1, -0.05) is 13.3 Å². The minimum Gasteiger partial charge on any atom is -0.268 e. The quantitative estimate of drug-likeness (QED) is 0.781. The van der Waals surface area contributed by atoms with Crippen molar-refractivity contribution in [2.45, 2.75) is 40.2 Å². The van der Waals surface area contributed by atoms with Gasteiger partial charge in [-0.05, 0) is 36.2 Å². The molecule has 1 aromatic rings. The maximum Gasteiger partial charge on any atom is 0.0738 e. The maximum atomic E-state index is 4.42. The van der Waals surface area contributed by atoms with E-state index in [4.69, 9.17) is 0 Å². The van der Waals surface area contributed by atoms with Gasteiger partial charge in [0.1, 0.15) is 0 Å². The molecule has 0 aliphatic heterocycles. The molecule has 0 N–H and O–H groups in total. The topological polar surface area (TPSA) is 17.8 Å². The second kappa shape index (κ2) is 4.08. The highest BCUT2D eigenvalue weighted by Crippen LogP contribution is 2.19. The average Bonchev–Trinajstić information content (AvgIpc) is 2.30. The van der Waals surface area contributed by atoms with Crippen LogP contribution in [-0.2, 0) is 6.54 Å². The zero-order chi connectivity index (χ0) is 9.14. The van der Waals surface area contributed by atoms with Gasteiger partial charge in [-0.15, -0.1) is 0 Å². The summed E-state index contributed by atoms with van der Waals surface area (Å²) in [7, 11) is 0. The maximum absolute atomic E-state index is 4.42. The molecule has 0 aromatic carbocycles. The lowest BCUT2D eigenvalue weighted by molar-refractivity contribution is 0.555. The van der Waals surface area contributed by atoms with E-state index in [0.29, 0.717) is 0 Å². The van der Waals surface area contributed by atoms with Gasteiger partial charge in [-0.2, -0.15) is 5.10 Å². The number of hydrogen-bond donors (Lipinski definition) is 0. The van der Waals surface area contributed by atoms with Gasteiger partial charge < -0.3 is 0 Å². The Labute approximate surface area is 82.1 Å². The second-order valence-electron chi connectivity index (χ2n) is 3.06. The van der Waals surface area contributed by atoms with Gasteiger partial charge in [0, 0.05) is 12.2 Å². The van der Waals surface area contributed by atoms with Crippen LogP contribution in [0.5, 0.6) is 0 Å². The lowest BCUT2D eigenvalue weighted by atomic mass is 10.3. The summed E-state index contributed by atoms with van der Waals surface area (Å²) in [6.45, 7) is 7.36. The smallest absolute Gasteiger partial charge is 0.0738 e. The number of halogens is 1. The second-order valence-corrected chi connectivity index (χ2v) is 3.85. The Morgan fingerprint density at radius 1 is 1.42 bits per heavy atom. The van der Waals surface area contributed by atoms with E-state index in [2.05, 4.69) is 39.6 Å². The van der Waals surface area contributed by atoms with E-state index in [1.807, 2.05) is 6.92 Å².